The Kier molecular flexibility index (Phi) is 5.65. The molecule has 9 nitrogen and oxygen atoms in total. The van der Waals surface area contributed by atoms with Gasteiger partial charge >= 0.3 is 0 Å². The zero-order chi connectivity index (χ0) is 21.8. The molecule has 0 saturated carbocycles. The molecule has 31 heavy (non-hydrogen) atoms. The molecule has 0 bridgehead atoms. The maximum atomic E-state index is 12.2. The van der Waals surface area contributed by atoms with Gasteiger partial charge in [-0.25, -0.2) is 9.97 Å². The second-order valence-electron chi connectivity index (χ2n) is 6.78. The van der Waals surface area contributed by atoms with Crippen molar-refractivity contribution in [1.82, 2.24) is 19.7 Å². The van der Waals surface area contributed by atoms with Crippen LogP contribution in [0.4, 0.5) is 5.69 Å². The normalized spacial score (nSPS) is 10.7. The fourth-order valence-corrected chi connectivity index (χ4v) is 3.10. The van der Waals surface area contributed by atoms with Crippen molar-refractivity contribution >= 4 is 22.5 Å². The van der Waals surface area contributed by atoms with Crippen LogP contribution in [0, 0.1) is 0 Å². The first-order valence-electron chi connectivity index (χ1n) is 9.47. The van der Waals surface area contributed by atoms with E-state index in [0.717, 1.165) is 5.56 Å². The van der Waals surface area contributed by atoms with Gasteiger partial charge in [-0.3, -0.25) is 9.48 Å². The van der Waals surface area contributed by atoms with Crippen LogP contribution in [0.25, 0.3) is 10.9 Å². The summed E-state index contributed by atoms with van der Waals surface area (Å²) in [5, 5.41) is 7.54. The molecule has 4 rings (SSSR count). The van der Waals surface area contributed by atoms with Crippen molar-refractivity contribution in [2.24, 2.45) is 7.05 Å². The Hall–Kier alpha value is -4.14. The highest BCUT2D eigenvalue weighted by Crippen LogP contribution is 2.35. The number of hydrogen-bond acceptors (Lipinski definition) is 7. The van der Waals surface area contributed by atoms with Crippen LogP contribution in [0.5, 0.6) is 23.1 Å². The molecule has 0 atom stereocenters. The van der Waals surface area contributed by atoms with E-state index < -0.39 is 0 Å². The maximum Gasteiger partial charge on any atom is 0.230 e. The summed E-state index contributed by atoms with van der Waals surface area (Å²) in [6.07, 6.45) is 5.01. The number of nitrogens with one attached hydrogen (secondary N) is 1. The smallest absolute Gasteiger partial charge is 0.230 e. The Morgan fingerprint density at radius 3 is 2.48 bits per heavy atom. The summed E-state index contributed by atoms with van der Waals surface area (Å²) in [5.74, 6) is 2.00. The molecule has 0 spiro atoms. The van der Waals surface area contributed by atoms with Crippen molar-refractivity contribution < 1.29 is 19.0 Å². The molecule has 0 aliphatic carbocycles. The number of carbonyl (C=O) groups excluding carboxylic acids is 1. The Balaban J connectivity index is 1.48. The van der Waals surface area contributed by atoms with Crippen molar-refractivity contribution in [3.8, 4) is 23.1 Å². The Labute approximate surface area is 178 Å². The molecule has 0 saturated heterocycles. The minimum Gasteiger partial charge on any atom is -0.493 e. The average Bonchev–Trinajstić information content (AvgIpc) is 3.18. The van der Waals surface area contributed by atoms with Crippen LogP contribution in [0.15, 0.2) is 55.1 Å². The van der Waals surface area contributed by atoms with Gasteiger partial charge in [0.2, 0.25) is 11.8 Å². The van der Waals surface area contributed by atoms with Gasteiger partial charge in [-0.1, -0.05) is 12.1 Å². The van der Waals surface area contributed by atoms with Crippen LogP contribution < -0.4 is 19.5 Å². The molecule has 0 aliphatic rings. The van der Waals surface area contributed by atoms with E-state index in [1.807, 2.05) is 12.1 Å². The van der Waals surface area contributed by atoms with Crippen LogP contribution >= 0.6 is 0 Å². The van der Waals surface area contributed by atoms with E-state index in [4.69, 9.17) is 14.2 Å². The van der Waals surface area contributed by atoms with E-state index in [-0.39, 0.29) is 12.3 Å². The number of aromatic nitrogens is 4. The molecule has 2 aromatic heterocycles. The number of hydrogen-bond donors (Lipinski definition) is 1. The molecule has 1 amide bonds. The summed E-state index contributed by atoms with van der Waals surface area (Å²) < 4.78 is 18.3. The van der Waals surface area contributed by atoms with Gasteiger partial charge in [-0.05, 0) is 23.8 Å². The second-order valence-corrected chi connectivity index (χ2v) is 6.78. The van der Waals surface area contributed by atoms with E-state index in [1.54, 1.807) is 62.6 Å². The molecule has 2 heterocycles. The first kappa shape index (κ1) is 20.1. The number of amides is 1. The monoisotopic (exact) mass is 419 g/mol. The molecule has 0 fully saturated rings. The lowest BCUT2D eigenvalue weighted by molar-refractivity contribution is -0.115. The molecule has 2 aromatic carbocycles. The van der Waals surface area contributed by atoms with Gasteiger partial charge in [0.25, 0.3) is 0 Å². The van der Waals surface area contributed by atoms with E-state index in [0.29, 0.717) is 39.7 Å². The molecule has 9 heteroatoms. The predicted octanol–water partition coefficient (Wildman–Crippen LogP) is 3.35. The standard InChI is InChI=1S/C22H21N5O4/c1-27-12-15(11-25-27)26-21(28)8-14-4-6-16(7-5-14)31-22-17-9-19(29-2)20(30-3)10-18(17)23-13-24-22/h4-7,9-13H,8H2,1-3H3,(H,26,28). The fourth-order valence-electron chi connectivity index (χ4n) is 3.10. The third kappa shape index (κ3) is 4.55. The topological polar surface area (TPSA) is 100 Å². The van der Waals surface area contributed by atoms with Crippen LogP contribution in [-0.2, 0) is 18.3 Å². The third-order valence-corrected chi connectivity index (χ3v) is 4.60. The van der Waals surface area contributed by atoms with Gasteiger partial charge in [0.15, 0.2) is 11.5 Å². The first-order valence-corrected chi connectivity index (χ1v) is 9.47. The van der Waals surface area contributed by atoms with E-state index >= 15 is 0 Å². The molecule has 0 aliphatic heterocycles. The highest BCUT2D eigenvalue weighted by molar-refractivity contribution is 5.92. The van der Waals surface area contributed by atoms with Gasteiger partial charge in [0, 0.05) is 19.3 Å². The zero-order valence-electron chi connectivity index (χ0n) is 17.3. The van der Waals surface area contributed by atoms with Gasteiger partial charge in [0.1, 0.15) is 12.1 Å². The minimum atomic E-state index is -0.121. The van der Waals surface area contributed by atoms with Crippen LogP contribution in [0.2, 0.25) is 0 Å². The van der Waals surface area contributed by atoms with Gasteiger partial charge in [-0.2, -0.15) is 5.10 Å². The largest absolute Gasteiger partial charge is 0.493 e. The predicted molar refractivity (Wildman–Crippen MR) is 115 cm³/mol. The van der Waals surface area contributed by atoms with E-state index in [2.05, 4.69) is 20.4 Å². The summed E-state index contributed by atoms with van der Waals surface area (Å²) >= 11 is 0. The van der Waals surface area contributed by atoms with Crippen molar-refractivity contribution in [2.75, 3.05) is 19.5 Å². The molecule has 158 valence electrons. The lowest BCUT2D eigenvalue weighted by atomic mass is 10.1. The number of carbonyl (C=O) groups is 1. The van der Waals surface area contributed by atoms with Crippen LogP contribution in [-0.4, -0.2) is 39.9 Å². The highest BCUT2D eigenvalue weighted by Gasteiger charge is 2.13. The zero-order valence-corrected chi connectivity index (χ0v) is 17.3. The molecular formula is C22H21N5O4. The summed E-state index contributed by atoms with van der Waals surface area (Å²) in [5.41, 5.74) is 2.19. The Morgan fingerprint density at radius 2 is 1.81 bits per heavy atom. The number of benzene rings is 2. The minimum absolute atomic E-state index is 0.121. The number of nitrogens with zero attached hydrogens (tertiary/aromatic N) is 4. The summed E-state index contributed by atoms with van der Waals surface area (Å²) in [6.45, 7) is 0. The Morgan fingerprint density at radius 1 is 1.06 bits per heavy atom. The number of fused-ring (bicyclic) bond motifs is 1. The number of rotatable bonds is 7. The number of anilines is 1. The molecule has 0 unspecified atom stereocenters. The van der Waals surface area contributed by atoms with Crippen molar-refractivity contribution in [2.45, 2.75) is 6.42 Å². The van der Waals surface area contributed by atoms with Crippen LogP contribution in [0.3, 0.4) is 0 Å². The van der Waals surface area contributed by atoms with E-state index in [9.17, 15) is 4.79 Å². The van der Waals surface area contributed by atoms with Crippen molar-refractivity contribution in [3.63, 3.8) is 0 Å². The van der Waals surface area contributed by atoms with Crippen LogP contribution in [0.1, 0.15) is 5.56 Å². The molecule has 1 N–H and O–H groups in total. The molecule has 4 aromatic rings. The number of ether oxygens (including phenoxy) is 3. The van der Waals surface area contributed by atoms with Gasteiger partial charge < -0.3 is 19.5 Å². The first-order chi connectivity index (χ1) is 15.1. The lowest BCUT2D eigenvalue weighted by Crippen LogP contribution is -2.13. The summed E-state index contributed by atoms with van der Waals surface area (Å²) in [7, 11) is 4.93. The molecule has 0 radical (unpaired) electrons. The SMILES string of the molecule is COc1cc2ncnc(Oc3ccc(CC(=O)Nc4cnn(C)c4)cc3)c2cc1OC. The summed E-state index contributed by atoms with van der Waals surface area (Å²) in [6, 6.07) is 10.8. The van der Waals surface area contributed by atoms with Gasteiger partial charge in [0.05, 0.1) is 43.4 Å². The maximum absolute atomic E-state index is 12.2. The van der Waals surface area contributed by atoms with Crippen molar-refractivity contribution in [3.05, 3.63) is 60.7 Å². The lowest BCUT2D eigenvalue weighted by Gasteiger charge is -2.11. The summed E-state index contributed by atoms with van der Waals surface area (Å²) in [4.78, 5) is 20.7. The number of methoxy groups -OCH3 is 2. The van der Waals surface area contributed by atoms with E-state index in [1.165, 1.54) is 6.33 Å². The quantitative estimate of drug-likeness (QED) is 0.490. The Bertz CT molecular complexity index is 1220. The fraction of sp³-hybridized carbons (Fsp3) is 0.182. The average molecular weight is 419 g/mol. The highest BCUT2D eigenvalue weighted by atomic mass is 16.5. The third-order valence-electron chi connectivity index (χ3n) is 4.60. The van der Waals surface area contributed by atoms with Gasteiger partial charge in [-0.15, -0.1) is 0 Å². The number of aryl methyl sites for hydroxylation is 1. The molecular weight excluding hydrogens is 398 g/mol. The second kappa shape index (κ2) is 8.70. The van der Waals surface area contributed by atoms with Crippen molar-refractivity contribution in [1.29, 1.82) is 0 Å².